The van der Waals surface area contributed by atoms with Gasteiger partial charge in [-0.1, -0.05) is 23.2 Å². The van der Waals surface area contributed by atoms with Crippen molar-refractivity contribution in [1.82, 2.24) is 9.97 Å². The van der Waals surface area contributed by atoms with Crippen LogP contribution in [0.3, 0.4) is 0 Å². The SMILES string of the molecule is Cc1cc(Cl)cc2c(Cl)ncnc12. The van der Waals surface area contributed by atoms with Crippen LogP contribution in [0.25, 0.3) is 10.9 Å². The average Bonchev–Trinajstić information content (AvgIpc) is 2.07. The summed E-state index contributed by atoms with van der Waals surface area (Å²) >= 11 is 11.8. The van der Waals surface area contributed by atoms with Gasteiger partial charge in [-0.15, -0.1) is 0 Å². The topological polar surface area (TPSA) is 25.8 Å². The molecule has 0 atom stereocenters. The molecule has 13 heavy (non-hydrogen) atoms. The molecule has 0 aliphatic heterocycles. The molecule has 0 saturated heterocycles. The minimum absolute atomic E-state index is 0.440. The van der Waals surface area contributed by atoms with Crippen LogP contribution in [-0.4, -0.2) is 9.97 Å². The van der Waals surface area contributed by atoms with Gasteiger partial charge >= 0.3 is 0 Å². The van der Waals surface area contributed by atoms with Gasteiger partial charge in [0.1, 0.15) is 11.5 Å². The van der Waals surface area contributed by atoms with Crippen molar-refractivity contribution >= 4 is 34.1 Å². The predicted molar refractivity (Wildman–Crippen MR) is 54.3 cm³/mol. The highest BCUT2D eigenvalue weighted by molar-refractivity contribution is 6.35. The molecule has 0 spiro atoms. The molecule has 4 heteroatoms. The fourth-order valence-electron chi connectivity index (χ4n) is 1.27. The van der Waals surface area contributed by atoms with Gasteiger partial charge < -0.3 is 0 Å². The van der Waals surface area contributed by atoms with Gasteiger partial charge in [-0.3, -0.25) is 0 Å². The lowest BCUT2D eigenvalue weighted by Crippen LogP contribution is -1.86. The normalized spacial score (nSPS) is 10.7. The van der Waals surface area contributed by atoms with Crippen molar-refractivity contribution in [2.75, 3.05) is 0 Å². The molecule has 0 fully saturated rings. The van der Waals surface area contributed by atoms with E-state index in [-0.39, 0.29) is 0 Å². The van der Waals surface area contributed by atoms with E-state index in [0.717, 1.165) is 16.5 Å². The largest absolute Gasteiger partial charge is 0.236 e. The minimum atomic E-state index is 0.440. The van der Waals surface area contributed by atoms with Crippen LogP contribution in [0.4, 0.5) is 0 Å². The van der Waals surface area contributed by atoms with Crippen molar-refractivity contribution in [3.63, 3.8) is 0 Å². The summed E-state index contributed by atoms with van der Waals surface area (Å²) in [5.74, 6) is 0. The number of nitrogens with zero attached hydrogens (tertiary/aromatic N) is 2. The van der Waals surface area contributed by atoms with Gasteiger partial charge in [-0.2, -0.15) is 0 Å². The molecule has 0 aliphatic rings. The van der Waals surface area contributed by atoms with Gasteiger partial charge in [0, 0.05) is 10.4 Å². The second-order valence-electron chi connectivity index (χ2n) is 2.78. The number of benzene rings is 1. The summed E-state index contributed by atoms with van der Waals surface area (Å²) in [4.78, 5) is 8.01. The molecule has 1 aromatic carbocycles. The number of aromatic nitrogens is 2. The Morgan fingerprint density at radius 3 is 2.69 bits per heavy atom. The van der Waals surface area contributed by atoms with E-state index in [0.29, 0.717) is 10.2 Å². The van der Waals surface area contributed by atoms with Gasteiger partial charge in [0.2, 0.25) is 0 Å². The number of aryl methyl sites for hydroxylation is 1. The van der Waals surface area contributed by atoms with Crippen LogP contribution < -0.4 is 0 Å². The van der Waals surface area contributed by atoms with E-state index < -0.39 is 0 Å². The zero-order valence-electron chi connectivity index (χ0n) is 6.88. The molecule has 0 amide bonds. The quantitative estimate of drug-likeness (QED) is 0.627. The molecule has 2 rings (SSSR count). The second kappa shape index (κ2) is 3.13. The highest BCUT2D eigenvalue weighted by Crippen LogP contribution is 2.25. The third-order valence-electron chi connectivity index (χ3n) is 1.85. The van der Waals surface area contributed by atoms with Crippen molar-refractivity contribution in [2.24, 2.45) is 0 Å². The Labute approximate surface area is 85.5 Å². The van der Waals surface area contributed by atoms with Crippen LogP contribution in [-0.2, 0) is 0 Å². The third-order valence-corrected chi connectivity index (χ3v) is 2.36. The zero-order valence-corrected chi connectivity index (χ0v) is 8.39. The third kappa shape index (κ3) is 1.47. The van der Waals surface area contributed by atoms with Gasteiger partial charge in [0.15, 0.2) is 0 Å². The molecule has 1 heterocycles. The Bertz CT molecular complexity index is 468. The Morgan fingerprint density at radius 1 is 1.15 bits per heavy atom. The fourth-order valence-corrected chi connectivity index (χ4v) is 1.73. The molecule has 1 aromatic heterocycles. The summed E-state index contributed by atoms with van der Waals surface area (Å²) in [7, 11) is 0. The molecule has 0 unspecified atom stereocenters. The Kier molecular flexibility index (Phi) is 2.10. The molecular weight excluding hydrogens is 207 g/mol. The van der Waals surface area contributed by atoms with Crippen LogP contribution in [0.1, 0.15) is 5.56 Å². The molecule has 2 nitrogen and oxygen atoms in total. The monoisotopic (exact) mass is 212 g/mol. The molecular formula is C9H6Cl2N2. The summed E-state index contributed by atoms with van der Waals surface area (Å²) in [6.07, 6.45) is 1.45. The van der Waals surface area contributed by atoms with Crippen LogP contribution >= 0.6 is 23.2 Å². The fraction of sp³-hybridized carbons (Fsp3) is 0.111. The molecule has 0 saturated carbocycles. The highest BCUT2D eigenvalue weighted by Gasteiger charge is 2.04. The maximum absolute atomic E-state index is 5.89. The van der Waals surface area contributed by atoms with Crippen molar-refractivity contribution in [3.05, 3.63) is 34.2 Å². The molecule has 2 aromatic rings. The van der Waals surface area contributed by atoms with E-state index in [1.54, 1.807) is 6.07 Å². The summed E-state index contributed by atoms with van der Waals surface area (Å²) in [5.41, 5.74) is 1.86. The van der Waals surface area contributed by atoms with Gasteiger partial charge in [-0.25, -0.2) is 9.97 Å². The molecule has 0 N–H and O–H groups in total. The number of hydrogen-bond donors (Lipinski definition) is 0. The number of fused-ring (bicyclic) bond motifs is 1. The number of hydrogen-bond acceptors (Lipinski definition) is 2. The molecule has 0 radical (unpaired) electrons. The van der Waals surface area contributed by atoms with E-state index in [9.17, 15) is 0 Å². The molecule has 0 bridgehead atoms. The summed E-state index contributed by atoms with van der Waals surface area (Å²) in [6.45, 7) is 1.94. The van der Waals surface area contributed by atoms with Crippen molar-refractivity contribution in [3.8, 4) is 0 Å². The first-order valence-corrected chi connectivity index (χ1v) is 4.50. The summed E-state index contributed by atoms with van der Waals surface area (Å²) in [6, 6.07) is 3.62. The molecule has 66 valence electrons. The van der Waals surface area contributed by atoms with Crippen LogP contribution in [0.5, 0.6) is 0 Å². The van der Waals surface area contributed by atoms with Crippen LogP contribution in [0.2, 0.25) is 10.2 Å². The Balaban J connectivity index is 2.94. The maximum Gasteiger partial charge on any atom is 0.140 e. The highest BCUT2D eigenvalue weighted by atomic mass is 35.5. The minimum Gasteiger partial charge on any atom is -0.236 e. The van der Waals surface area contributed by atoms with E-state index >= 15 is 0 Å². The predicted octanol–water partition coefficient (Wildman–Crippen LogP) is 3.25. The Hall–Kier alpha value is -0.860. The molecule has 0 aliphatic carbocycles. The second-order valence-corrected chi connectivity index (χ2v) is 3.58. The van der Waals surface area contributed by atoms with Crippen molar-refractivity contribution in [1.29, 1.82) is 0 Å². The van der Waals surface area contributed by atoms with E-state index in [1.807, 2.05) is 13.0 Å². The van der Waals surface area contributed by atoms with Gasteiger partial charge in [0.25, 0.3) is 0 Å². The first kappa shape index (κ1) is 8.73. The van der Waals surface area contributed by atoms with Crippen LogP contribution in [0.15, 0.2) is 18.5 Å². The lowest BCUT2D eigenvalue weighted by atomic mass is 10.1. The van der Waals surface area contributed by atoms with Gasteiger partial charge in [-0.05, 0) is 24.6 Å². The van der Waals surface area contributed by atoms with Gasteiger partial charge in [0.05, 0.1) is 5.52 Å². The van der Waals surface area contributed by atoms with E-state index in [1.165, 1.54) is 6.33 Å². The number of rotatable bonds is 0. The van der Waals surface area contributed by atoms with Crippen LogP contribution in [0, 0.1) is 6.92 Å². The summed E-state index contributed by atoms with van der Waals surface area (Å²) < 4.78 is 0. The first-order valence-electron chi connectivity index (χ1n) is 3.75. The van der Waals surface area contributed by atoms with Crippen molar-refractivity contribution in [2.45, 2.75) is 6.92 Å². The lowest BCUT2D eigenvalue weighted by Gasteiger charge is -2.02. The zero-order chi connectivity index (χ0) is 9.42. The summed E-state index contributed by atoms with van der Waals surface area (Å²) in [5, 5.41) is 1.89. The standard InChI is InChI=1S/C9H6Cl2N2/c1-5-2-6(10)3-7-8(5)12-4-13-9(7)11/h2-4H,1H3. The Morgan fingerprint density at radius 2 is 1.92 bits per heavy atom. The number of halogens is 2. The average molecular weight is 213 g/mol. The lowest BCUT2D eigenvalue weighted by molar-refractivity contribution is 1.21. The maximum atomic E-state index is 5.89. The first-order chi connectivity index (χ1) is 6.18. The van der Waals surface area contributed by atoms with E-state index in [2.05, 4.69) is 9.97 Å². The van der Waals surface area contributed by atoms with E-state index in [4.69, 9.17) is 23.2 Å². The smallest absolute Gasteiger partial charge is 0.140 e. The van der Waals surface area contributed by atoms with Crippen molar-refractivity contribution < 1.29 is 0 Å².